The number of nitrogens with zero attached hydrogens (tertiary/aromatic N) is 1. The molecule has 0 N–H and O–H groups in total. The summed E-state index contributed by atoms with van der Waals surface area (Å²) in [6.07, 6.45) is 2.60. The van der Waals surface area contributed by atoms with Crippen LogP contribution in [0, 0.1) is 0 Å². The van der Waals surface area contributed by atoms with Crippen LogP contribution in [0.3, 0.4) is 0 Å². The fraction of sp³-hybridized carbons (Fsp3) is 0.320. The van der Waals surface area contributed by atoms with Gasteiger partial charge in [-0.1, -0.05) is 54.6 Å². The van der Waals surface area contributed by atoms with Gasteiger partial charge in [-0.3, -0.25) is 14.5 Å². The van der Waals surface area contributed by atoms with Crippen LogP contribution in [-0.2, 0) is 20.9 Å². The number of hydrogen-bond donors (Lipinski definition) is 0. The molecule has 0 atom stereocenters. The molecule has 0 aliphatic carbocycles. The van der Waals surface area contributed by atoms with Gasteiger partial charge in [-0.15, -0.1) is 0 Å². The molecular formula is C25H25BrClNO5S2. The Balaban J connectivity index is 1.74. The van der Waals surface area contributed by atoms with Gasteiger partial charge < -0.3 is 14.2 Å². The summed E-state index contributed by atoms with van der Waals surface area (Å²) in [5.41, 5.74) is 1.72. The van der Waals surface area contributed by atoms with Gasteiger partial charge in [0.05, 0.1) is 29.0 Å². The smallest absolute Gasteiger partial charge is 0.307 e. The standard InChI is InChI=1S/C25H25BrClNO5S2/c1-3-11-32-22(29)9-10-28-24(30)21(35-25(28)34)14-17-12-19(26)23(20(13-17)31-4-2)33-15-16-5-7-18(27)8-6-16/h5-8,12-14H,3-4,9-11,15H2,1-2H3/b21-14-. The number of rotatable bonds is 11. The van der Waals surface area contributed by atoms with Gasteiger partial charge in [-0.2, -0.15) is 0 Å². The molecule has 0 spiro atoms. The first-order valence-electron chi connectivity index (χ1n) is 11.1. The number of benzene rings is 2. The summed E-state index contributed by atoms with van der Waals surface area (Å²) in [5.74, 6) is 0.540. The maximum Gasteiger partial charge on any atom is 0.307 e. The molecule has 0 unspecified atom stereocenters. The van der Waals surface area contributed by atoms with Crippen LogP contribution in [-0.4, -0.2) is 40.9 Å². The lowest BCUT2D eigenvalue weighted by Crippen LogP contribution is -2.30. The van der Waals surface area contributed by atoms with Crippen LogP contribution in [0.5, 0.6) is 11.5 Å². The summed E-state index contributed by atoms with van der Waals surface area (Å²) in [5, 5.41) is 0.663. The summed E-state index contributed by atoms with van der Waals surface area (Å²) in [7, 11) is 0. The number of thiocarbonyl (C=S) groups is 1. The topological polar surface area (TPSA) is 65.1 Å². The van der Waals surface area contributed by atoms with E-state index < -0.39 is 0 Å². The zero-order valence-corrected chi connectivity index (χ0v) is 23.3. The van der Waals surface area contributed by atoms with Crippen molar-refractivity contribution in [3.8, 4) is 11.5 Å². The van der Waals surface area contributed by atoms with Crippen molar-refractivity contribution >= 4 is 73.8 Å². The number of thioether (sulfide) groups is 1. The Hall–Kier alpha value is -2.07. The molecule has 2 aromatic carbocycles. The Kier molecular flexibility index (Phi) is 10.5. The van der Waals surface area contributed by atoms with Crippen molar-refractivity contribution < 1.29 is 23.8 Å². The van der Waals surface area contributed by atoms with Crippen molar-refractivity contribution in [2.75, 3.05) is 19.8 Å². The number of amides is 1. The molecule has 0 bridgehead atoms. The van der Waals surface area contributed by atoms with Crippen molar-refractivity contribution in [2.45, 2.75) is 33.3 Å². The van der Waals surface area contributed by atoms with Crippen LogP contribution >= 0.6 is 51.5 Å². The van der Waals surface area contributed by atoms with E-state index in [1.54, 1.807) is 6.08 Å². The number of carbonyl (C=O) groups is 2. The second kappa shape index (κ2) is 13.3. The first kappa shape index (κ1) is 27.5. The summed E-state index contributed by atoms with van der Waals surface area (Å²) < 4.78 is 18.0. The van der Waals surface area contributed by atoms with E-state index in [0.717, 1.165) is 17.5 Å². The van der Waals surface area contributed by atoms with E-state index in [-0.39, 0.29) is 24.8 Å². The van der Waals surface area contributed by atoms with Crippen molar-refractivity contribution in [1.29, 1.82) is 0 Å². The van der Waals surface area contributed by atoms with Crippen LogP contribution in [0.25, 0.3) is 6.08 Å². The normalized spacial score (nSPS) is 14.5. The Bertz CT molecular complexity index is 1120. The third kappa shape index (κ3) is 7.70. The third-order valence-corrected chi connectivity index (χ3v) is 7.02. The fourth-order valence-electron chi connectivity index (χ4n) is 3.15. The molecule has 10 heteroatoms. The van der Waals surface area contributed by atoms with E-state index in [1.807, 2.05) is 50.2 Å². The van der Waals surface area contributed by atoms with Gasteiger partial charge in [0.15, 0.2) is 11.5 Å². The van der Waals surface area contributed by atoms with Crippen LogP contribution in [0.1, 0.15) is 37.8 Å². The highest BCUT2D eigenvalue weighted by Crippen LogP contribution is 2.40. The average molecular weight is 599 g/mol. The SMILES string of the molecule is CCCOC(=O)CCN1C(=O)/C(=C/c2cc(Br)c(OCc3ccc(Cl)cc3)c(OCC)c2)SC1=S. The van der Waals surface area contributed by atoms with Crippen LogP contribution < -0.4 is 9.47 Å². The molecule has 3 rings (SSSR count). The highest BCUT2D eigenvalue weighted by atomic mass is 79.9. The molecule has 0 saturated carbocycles. The predicted molar refractivity (Wildman–Crippen MR) is 147 cm³/mol. The average Bonchev–Trinajstić information content (AvgIpc) is 3.09. The third-order valence-electron chi connectivity index (χ3n) is 4.81. The Labute approximate surface area is 228 Å². The highest BCUT2D eigenvalue weighted by molar-refractivity contribution is 9.10. The zero-order chi connectivity index (χ0) is 25.4. The molecule has 0 aromatic heterocycles. The fourth-order valence-corrected chi connectivity index (χ4v) is 5.15. The molecule has 6 nitrogen and oxygen atoms in total. The molecule has 1 saturated heterocycles. The molecule has 1 aliphatic rings. The highest BCUT2D eigenvalue weighted by Gasteiger charge is 2.32. The molecule has 35 heavy (non-hydrogen) atoms. The maximum absolute atomic E-state index is 12.9. The lowest BCUT2D eigenvalue weighted by molar-refractivity contribution is -0.143. The minimum atomic E-state index is -0.343. The van der Waals surface area contributed by atoms with Crippen molar-refractivity contribution in [1.82, 2.24) is 4.90 Å². The minimum absolute atomic E-state index is 0.0966. The van der Waals surface area contributed by atoms with Crippen LogP contribution in [0.15, 0.2) is 45.8 Å². The first-order valence-corrected chi connectivity index (χ1v) is 13.5. The molecule has 1 amide bonds. The van der Waals surface area contributed by atoms with E-state index in [0.29, 0.717) is 50.0 Å². The maximum atomic E-state index is 12.9. The molecule has 2 aromatic rings. The van der Waals surface area contributed by atoms with Gasteiger partial charge in [0.25, 0.3) is 5.91 Å². The number of halogens is 2. The van der Waals surface area contributed by atoms with Gasteiger partial charge in [0.2, 0.25) is 0 Å². The second-order valence-electron chi connectivity index (χ2n) is 7.48. The monoisotopic (exact) mass is 597 g/mol. The zero-order valence-electron chi connectivity index (χ0n) is 19.3. The minimum Gasteiger partial charge on any atom is -0.490 e. The summed E-state index contributed by atoms with van der Waals surface area (Å²) in [4.78, 5) is 26.6. The molecule has 1 heterocycles. The van der Waals surface area contributed by atoms with Crippen molar-refractivity contribution in [3.05, 3.63) is 61.9 Å². The predicted octanol–water partition coefficient (Wildman–Crippen LogP) is 6.62. The van der Waals surface area contributed by atoms with Crippen molar-refractivity contribution in [3.63, 3.8) is 0 Å². The summed E-state index contributed by atoms with van der Waals surface area (Å²) in [6.45, 7) is 5.16. The van der Waals surface area contributed by atoms with E-state index in [2.05, 4.69) is 15.9 Å². The van der Waals surface area contributed by atoms with Gasteiger partial charge in [-0.05, 0) is 70.7 Å². The largest absolute Gasteiger partial charge is 0.490 e. The van der Waals surface area contributed by atoms with E-state index in [4.69, 9.17) is 38.0 Å². The lowest BCUT2D eigenvalue weighted by atomic mass is 10.1. The van der Waals surface area contributed by atoms with E-state index in [1.165, 1.54) is 16.7 Å². The molecule has 0 radical (unpaired) electrons. The number of hydrogen-bond acceptors (Lipinski definition) is 7. The second-order valence-corrected chi connectivity index (χ2v) is 10.4. The number of esters is 1. The quantitative estimate of drug-likeness (QED) is 0.164. The molecule has 1 fully saturated rings. The van der Waals surface area contributed by atoms with Gasteiger partial charge >= 0.3 is 5.97 Å². The number of carbonyl (C=O) groups excluding carboxylic acids is 2. The van der Waals surface area contributed by atoms with Crippen LogP contribution in [0.2, 0.25) is 5.02 Å². The molecule has 1 aliphatic heterocycles. The van der Waals surface area contributed by atoms with E-state index in [9.17, 15) is 9.59 Å². The lowest BCUT2D eigenvalue weighted by Gasteiger charge is -2.15. The van der Waals surface area contributed by atoms with Gasteiger partial charge in [-0.25, -0.2) is 0 Å². The summed E-state index contributed by atoms with van der Waals surface area (Å²) in [6, 6.07) is 11.1. The van der Waals surface area contributed by atoms with Crippen LogP contribution in [0.4, 0.5) is 0 Å². The van der Waals surface area contributed by atoms with Gasteiger partial charge in [0.1, 0.15) is 10.9 Å². The van der Waals surface area contributed by atoms with Gasteiger partial charge in [0, 0.05) is 11.6 Å². The number of ether oxygens (including phenoxy) is 3. The molecular weight excluding hydrogens is 574 g/mol. The Morgan fingerprint density at radius 2 is 1.94 bits per heavy atom. The first-order chi connectivity index (χ1) is 16.8. The van der Waals surface area contributed by atoms with E-state index >= 15 is 0 Å². The summed E-state index contributed by atoms with van der Waals surface area (Å²) >= 11 is 16.1. The molecule has 186 valence electrons. The Morgan fingerprint density at radius 3 is 2.63 bits per heavy atom. The van der Waals surface area contributed by atoms with Crippen molar-refractivity contribution in [2.24, 2.45) is 0 Å². The Morgan fingerprint density at radius 1 is 1.20 bits per heavy atom.